The van der Waals surface area contributed by atoms with E-state index in [0.717, 1.165) is 11.3 Å². The van der Waals surface area contributed by atoms with Gasteiger partial charge in [-0.2, -0.15) is 0 Å². The number of allylic oxidation sites excluding steroid dienone is 1. The Balaban J connectivity index is 2.40. The van der Waals surface area contributed by atoms with Crippen LogP contribution in [0.15, 0.2) is 18.7 Å². The van der Waals surface area contributed by atoms with E-state index in [1.807, 2.05) is 13.0 Å². The zero-order valence-electron chi connectivity index (χ0n) is 10.7. The van der Waals surface area contributed by atoms with E-state index in [4.69, 9.17) is 11.6 Å². The maximum atomic E-state index is 6.12. The highest BCUT2D eigenvalue weighted by molar-refractivity contribution is 6.29. The summed E-state index contributed by atoms with van der Waals surface area (Å²) in [5.74, 6) is 0. The van der Waals surface area contributed by atoms with Crippen molar-refractivity contribution in [1.82, 2.24) is 4.98 Å². The van der Waals surface area contributed by atoms with Crippen LogP contribution in [0, 0.1) is 0 Å². The van der Waals surface area contributed by atoms with Gasteiger partial charge in [-0.15, -0.1) is 0 Å². The van der Waals surface area contributed by atoms with Gasteiger partial charge in [0.2, 0.25) is 0 Å². The zero-order chi connectivity index (χ0) is 12.5. The molecule has 1 nitrogen and oxygen atoms in total. The third kappa shape index (κ3) is 2.71. The molecule has 0 aromatic carbocycles. The van der Waals surface area contributed by atoms with E-state index in [9.17, 15) is 0 Å². The quantitative estimate of drug-likeness (QED) is 0.673. The van der Waals surface area contributed by atoms with E-state index in [-0.39, 0.29) is 5.41 Å². The first-order valence-electron chi connectivity index (χ1n) is 6.35. The fraction of sp³-hybridized carbons (Fsp3) is 0.533. The van der Waals surface area contributed by atoms with E-state index in [0.29, 0.717) is 5.15 Å². The van der Waals surface area contributed by atoms with Crippen LogP contribution in [0.4, 0.5) is 0 Å². The van der Waals surface area contributed by atoms with Gasteiger partial charge in [-0.1, -0.05) is 44.4 Å². The second-order valence-electron chi connectivity index (χ2n) is 5.47. The van der Waals surface area contributed by atoms with Crippen LogP contribution in [0.2, 0.25) is 5.15 Å². The molecule has 1 saturated carbocycles. The summed E-state index contributed by atoms with van der Waals surface area (Å²) < 4.78 is 0. The zero-order valence-corrected chi connectivity index (χ0v) is 11.5. The molecule has 1 fully saturated rings. The number of hydrogen-bond donors (Lipinski definition) is 0. The predicted octanol–water partition coefficient (Wildman–Crippen LogP) is 4.99. The molecule has 0 saturated heterocycles. The Morgan fingerprint density at radius 2 is 1.94 bits per heavy atom. The molecule has 0 amide bonds. The molecule has 1 aliphatic carbocycles. The first-order valence-corrected chi connectivity index (χ1v) is 6.73. The summed E-state index contributed by atoms with van der Waals surface area (Å²) in [6, 6.07) is 4.19. The molecular formula is C15H20ClN. The minimum absolute atomic E-state index is 0.273. The second-order valence-corrected chi connectivity index (χ2v) is 5.85. The highest BCUT2D eigenvalue weighted by atomic mass is 35.5. The van der Waals surface area contributed by atoms with Gasteiger partial charge in [0.25, 0.3) is 0 Å². The van der Waals surface area contributed by atoms with Crippen LogP contribution in [0.3, 0.4) is 0 Å². The Labute approximate surface area is 109 Å². The van der Waals surface area contributed by atoms with Gasteiger partial charge in [0, 0.05) is 0 Å². The lowest BCUT2D eigenvalue weighted by Gasteiger charge is -2.34. The summed E-state index contributed by atoms with van der Waals surface area (Å²) in [6.45, 7) is 8.28. The normalized spacial score (nSPS) is 19.0. The molecule has 1 aliphatic rings. The summed E-state index contributed by atoms with van der Waals surface area (Å²) in [7, 11) is 0. The number of aromatic nitrogens is 1. The molecule has 0 bridgehead atoms. The smallest absolute Gasteiger partial charge is 0.130 e. The lowest BCUT2D eigenvalue weighted by molar-refractivity contribution is 0.319. The van der Waals surface area contributed by atoms with Crippen molar-refractivity contribution in [1.29, 1.82) is 0 Å². The first kappa shape index (κ1) is 12.6. The Kier molecular flexibility index (Phi) is 3.58. The Morgan fingerprint density at radius 1 is 1.29 bits per heavy atom. The summed E-state index contributed by atoms with van der Waals surface area (Å²) in [5.41, 5.74) is 3.51. The third-order valence-electron chi connectivity index (χ3n) is 3.89. The van der Waals surface area contributed by atoms with E-state index in [2.05, 4.69) is 24.6 Å². The van der Waals surface area contributed by atoms with Crippen LogP contribution >= 0.6 is 11.6 Å². The Hall–Kier alpha value is -0.820. The first-order chi connectivity index (χ1) is 8.01. The average molecular weight is 250 g/mol. The van der Waals surface area contributed by atoms with Crippen molar-refractivity contribution in [3.05, 3.63) is 35.1 Å². The Bertz CT molecular complexity index is 431. The van der Waals surface area contributed by atoms with Crippen LogP contribution < -0.4 is 0 Å². The molecule has 1 heterocycles. The number of pyridine rings is 1. The molecule has 2 rings (SSSR count). The number of hydrogen-bond acceptors (Lipinski definition) is 1. The molecule has 1 aromatic heterocycles. The summed E-state index contributed by atoms with van der Waals surface area (Å²) in [4.78, 5) is 4.33. The SMILES string of the molecule is C=C(C)c1cc(C2(C)CCCCC2)cc(Cl)n1. The highest BCUT2D eigenvalue weighted by Gasteiger charge is 2.29. The molecule has 0 atom stereocenters. The average Bonchev–Trinajstić information content (AvgIpc) is 2.29. The second kappa shape index (κ2) is 4.81. The van der Waals surface area contributed by atoms with Crippen LogP contribution in [0.25, 0.3) is 5.57 Å². The molecular weight excluding hydrogens is 230 g/mol. The maximum absolute atomic E-state index is 6.12. The summed E-state index contributed by atoms with van der Waals surface area (Å²) >= 11 is 6.12. The molecule has 2 heteroatoms. The standard InChI is InChI=1S/C15H20ClN/c1-11(2)13-9-12(10-14(16)17-13)15(3)7-5-4-6-8-15/h9-10H,1,4-8H2,2-3H3. The third-order valence-corrected chi connectivity index (χ3v) is 4.08. The van der Waals surface area contributed by atoms with E-state index >= 15 is 0 Å². The van der Waals surface area contributed by atoms with E-state index in [1.165, 1.54) is 37.7 Å². The van der Waals surface area contributed by atoms with Crippen LogP contribution in [0.5, 0.6) is 0 Å². The van der Waals surface area contributed by atoms with Crippen molar-refractivity contribution in [3.63, 3.8) is 0 Å². The molecule has 92 valence electrons. The van der Waals surface area contributed by atoms with Crippen molar-refractivity contribution in [2.24, 2.45) is 0 Å². The molecule has 0 N–H and O–H groups in total. The van der Waals surface area contributed by atoms with Gasteiger partial charge in [-0.3, -0.25) is 0 Å². The topological polar surface area (TPSA) is 12.9 Å². The fourth-order valence-electron chi connectivity index (χ4n) is 2.68. The largest absolute Gasteiger partial charge is 0.236 e. The van der Waals surface area contributed by atoms with Crippen molar-refractivity contribution in [3.8, 4) is 0 Å². The molecule has 0 radical (unpaired) electrons. The molecule has 0 spiro atoms. The number of nitrogens with zero attached hydrogens (tertiary/aromatic N) is 1. The van der Waals surface area contributed by atoms with Crippen molar-refractivity contribution >= 4 is 17.2 Å². The van der Waals surface area contributed by atoms with Gasteiger partial charge in [0.1, 0.15) is 5.15 Å². The monoisotopic (exact) mass is 249 g/mol. The molecule has 0 unspecified atom stereocenters. The van der Waals surface area contributed by atoms with Gasteiger partial charge in [0.05, 0.1) is 5.69 Å². The molecule has 17 heavy (non-hydrogen) atoms. The number of halogens is 1. The fourth-order valence-corrected chi connectivity index (χ4v) is 2.89. The highest BCUT2D eigenvalue weighted by Crippen LogP contribution is 2.40. The molecule has 0 aliphatic heterocycles. The molecule has 1 aromatic rings. The van der Waals surface area contributed by atoms with Crippen molar-refractivity contribution < 1.29 is 0 Å². The maximum Gasteiger partial charge on any atom is 0.130 e. The van der Waals surface area contributed by atoms with Crippen molar-refractivity contribution in [2.75, 3.05) is 0 Å². The van der Waals surface area contributed by atoms with Gasteiger partial charge in [-0.05, 0) is 48.4 Å². The van der Waals surface area contributed by atoms with Gasteiger partial charge in [-0.25, -0.2) is 4.98 Å². The van der Waals surface area contributed by atoms with Gasteiger partial charge >= 0.3 is 0 Å². The minimum atomic E-state index is 0.273. The summed E-state index contributed by atoms with van der Waals surface area (Å²) in [6.07, 6.45) is 6.51. The summed E-state index contributed by atoms with van der Waals surface area (Å²) in [5, 5.41) is 0.590. The number of rotatable bonds is 2. The lowest BCUT2D eigenvalue weighted by Crippen LogP contribution is -2.25. The lowest BCUT2D eigenvalue weighted by atomic mass is 9.71. The van der Waals surface area contributed by atoms with Crippen LogP contribution in [-0.4, -0.2) is 4.98 Å². The van der Waals surface area contributed by atoms with Crippen molar-refractivity contribution in [2.45, 2.75) is 51.4 Å². The van der Waals surface area contributed by atoms with E-state index in [1.54, 1.807) is 0 Å². The van der Waals surface area contributed by atoms with Gasteiger partial charge < -0.3 is 0 Å². The Morgan fingerprint density at radius 3 is 2.53 bits per heavy atom. The van der Waals surface area contributed by atoms with Gasteiger partial charge in [0.15, 0.2) is 0 Å². The van der Waals surface area contributed by atoms with E-state index < -0.39 is 0 Å². The minimum Gasteiger partial charge on any atom is -0.236 e. The predicted molar refractivity (Wildman–Crippen MR) is 74.4 cm³/mol. The van der Waals surface area contributed by atoms with Crippen LogP contribution in [0.1, 0.15) is 57.2 Å². The van der Waals surface area contributed by atoms with Crippen LogP contribution in [-0.2, 0) is 5.41 Å².